The third-order valence-corrected chi connectivity index (χ3v) is 5.61. The van der Waals surface area contributed by atoms with E-state index in [2.05, 4.69) is 31.4 Å². The van der Waals surface area contributed by atoms with E-state index in [4.69, 9.17) is 4.42 Å². The fraction of sp³-hybridized carbons (Fsp3) is 0.176. The van der Waals surface area contributed by atoms with Crippen molar-refractivity contribution in [1.29, 1.82) is 0 Å². The van der Waals surface area contributed by atoms with E-state index in [0.29, 0.717) is 12.4 Å². The van der Waals surface area contributed by atoms with Gasteiger partial charge in [-0.1, -0.05) is 23.3 Å². The third-order valence-electron chi connectivity index (χ3n) is 4.00. The van der Waals surface area contributed by atoms with Crippen molar-refractivity contribution < 1.29 is 14.0 Å². The van der Waals surface area contributed by atoms with E-state index in [1.54, 1.807) is 4.90 Å². The highest BCUT2D eigenvalue weighted by Gasteiger charge is 2.35. The number of para-hydroxylation sites is 1. The molecule has 4 rings (SSSR count). The van der Waals surface area contributed by atoms with Crippen LogP contribution in [0.15, 0.2) is 50.7 Å². The Morgan fingerprint density at radius 1 is 1.23 bits per heavy atom. The normalized spacial score (nSPS) is 16.9. The summed E-state index contributed by atoms with van der Waals surface area (Å²) in [5.74, 6) is -0.510. The number of halogens is 1. The number of carbonyl (C=O) groups is 2. The van der Waals surface area contributed by atoms with Gasteiger partial charge in [-0.3, -0.25) is 14.9 Å². The number of carbonyl (C=O) groups excluding carboxylic acids is 2. The first-order valence-corrected chi connectivity index (χ1v) is 9.46. The lowest BCUT2D eigenvalue weighted by Crippen LogP contribution is -2.28. The van der Waals surface area contributed by atoms with E-state index >= 15 is 0 Å². The van der Waals surface area contributed by atoms with Crippen molar-refractivity contribution in [2.24, 2.45) is 5.92 Å². The van der Waals surface area contributed by atoms with Gasteiger partial charge in [0.25, 0.3) is 5.89 Å². The molecule has 26 heavy (non-hydrogen) atoms. The maximum absolute atomic E-state index is 12.5. The molecule has 1 aliphatic rings. The Hall–Kier alpha value is -2.52. The number of hydrogen-bond acceptors (Lipinski definition) is 6. The fourth-order valence-corrected chi connectivity index (χ4v) is 4.06. The number of benzene rings is 1. The highest BCUT2D eigenvalue weighted by Crippen LogP contribution is 2.31. The Morgan fingerprint density at radius 2 is 2.04 bits per heavy atom. The van der Waals surface area contributed by atoms with Gasteiger partial charge in [0.15, 0.2) is 0 Å². The van der Waals surface area contributed by atoms with E-state index in [9.17, 15) is 9.59 Å². The van der Waals surface area contributed by atoms with Gasteiger partial charge in [-0.05, 0) is 40.2 Å². The van der Waals surface area contributed by atoms with E-state index in [-0.39, 0.29) is 24.2 Å². The summed E-state index contributed by atoms with van der Waals surface area (Å²) in [4.78, 5) is 27.1. The monoisotopic (exact) mass is 432 g/mol. The number of hydrogen-bond donors (Lipinski definition) is 1. The summed E-state index contributed by atoms with van der Waals surface area (Å²) < 4.78 is 6.43. The van der Waals surface area contributed by atoms with Crippen molar-refractivity contribution in [2.45, 2.75) is 6.42 Å². The van der Waals surface area contributed by atoms with Crippen molar-refractivity contribution >= 4 is 50.8 Å². The molecule has 1 unspecified atom stereocenters. The molecule has 1 aliphatic heterocycles. The molecule has 0 radical (unpaired) electrons. The number of thiophene rings is 1. The lowest BCUT2D eigenvalue weighted by molar-refractivity contribution is -0.122. The van der Waals surface area contributed by atoms with Crippen molar-refractivity contribution in [3.63, 3.8) is 0 Å². The topological polar surface area (TPSA) is 88.3 Å². The second-order valence-corrected chi connectivity index (χ2v) is 8.21. The van der Waals surface area contributed by atoms with Crippen LogP contribution in [0.1, 0.15) is 6.42 Å². The predicted octanol–water partition coefficient (Wildman–Crippen LogP) is 3.55. The van der Waals surface area contributed by atoms with Gasteiger partial charge < -0.3 is 9.32 Å². The molecule has 132 valence electrons. The summed E-state index contributed by atoms with van der Waals surface area (Å²) in [6.45, 7) is 0.327. The smallest absolute Gasteiger partial charge is 0.322 e. The number of anilines is 2. The molecule has 9 heteroatoms. The van der Waals surface area contributed by atoms with Gasteiger partial charge in [-0.25, -0.2) is 0 Å². The average Bonchev–Trinajstić information content (AvgIpc) is 3.35. The molecule has 0 spiro atoms. The van der Waals surface area contributed by atoms with E-state index in [0.717, 1.165) is 14.4 Å². The van der Waals surface area contributed by atoms with Crippen molar-refractivity contribution in [3.8, 4) is 10.8 Å². The van der Waals surface area contributed by atoms with Crippen LogP contribution in [0.3, 0.4) is 0 Å². The molecule has 1 saturated heterocycles. The first kappa shape index (κ1) is 16.9. The first-order chi connectivity index (χ1) is 12.6. The third kappa shape index (κ3) is 3.40. The summed E-state index contributed by atoms with van der Waals surface area (Å²) in [5.41, 5.74) is 0.788. The van der Waals surface area contributed by atoms with Gasteiger partial charge in [0.05, 0.1) is 14.6 Å². The highest BCUT2D eigenvalue weighted by atomic mass is 79.9. The molecule has 0 bridgehead atoms. The number of nitrogens with one attached hydrogen (secondary N) is 1. The quantitative estimate of drug-likeness (QED) is 0.680. The molecule has 1 atom stereocenters. The van der Waals surface area contributed by atoms with Crippen molar-refractivity contribution in [3.05, 3.63) is 46.3 Å². The number of aromatic nitrogens is 2. The number of amides is 2. The van der Waals surface area contributed by atoms with E-state index in [1.807, 2.05) is 42.5 Å². The molecule has 7 nitrogen and oxygen atoms in total. The van der Waals surface area contributed by atoms with Gasteiger partial charge in [0, 0.05) is 18.7 Å². The zero-order chi connectivity index (χ0) is 18.1. The minimum absolute atomic E-state index is 0.0279. The summed E-state index contributed by atoms with van der Waals surface area (Å²) in [6.07, 6.45) is 0.152. The Morgan fingerprint density at radius 3 is 2.77 bits per heavy atom. The van der Waals surface area contributed by atoms with Crippen molar-refractivity contribution in [1.82, 2.24) is 10.2 Å². The summed E-state index contributed by atoms with van der Waals surface area (Å²) >= 11 is 4.83. The summed E-state index contributed by atoms with van der Waals surface area (Å²) in [7, 11) is 0. The molecule has 0 saturated carbocycles. The van der Waals surface area contributed by atoms with Crippen molar-refractivity contribution in [2.75, 3.05) is 16.8 Å². The number of nitrogens with zero attached hydrogens (tertiary/aromatic N) is 3. The van der Waals surface area contributed by atoms with Crippen LogP contribution in [0.2, 0.25) is 0 Å². The van der Waals surface area contributed by atoms with Gasteiger partial charge in [0.1, 0.15) is 0 Å². The van der Waals surface area contributed by atoms with Crippen LogP contribution in [0, 0.1) is 5.92 Å². The minimum atomic E-state index is -0.464. The summed E-state index contributed by atoms with van der Waals surface area (Å²) in [5, 5.41) is 10.4. The Kier molecular flexibility index (Phi) is 4.56. The van der Waals surface area contributed by atoms with Gasteiger partial charge in [-0.15, -0.1) is 16.4 Å². The lowest BCUT2D eigenvalue weighted by Gasteiger charge is -2.16. The van der Waals surface area contributed by atoms with Crippen LogP contribution in [-0.2, 0) is 9.59 Å². The molecular formula is C17H13BrN4O3S. The highest BCUT2D eigenvalue weighted by molar-refractivity contribution is 9.11. The maximum atomic E-state index is 12.5. The van der Waals surface area contributed by atoms with Gasteiger partial charge in [0.2, 0.25) is 11.8 Å². The Bertz CT molecular complexity index is 956. The predicted molar refractivity (Wildman–Crippen MR) is 101 cm³/mol. The van der Waals surface area contributed by atoms with E-state index in [1.165, 1.54) is 11.3 Å². The van der Waals surface area contributed by atoms with Crippen LogP contribution in [0.4, 0.5) is 11.7 Å². The lowest BCUT2D eigenvalue weighted by atomic mass is 10.1. The second kappa shape index (κ2) is 7.00. The van der Waals surface area contributed by atoms with Crippen LogP contribution < -0.4 is 10.2 Å². The molecule has 1 N–H and O–H groups in total. The van der Waals surface area contributed by atoms with Crippen LogP contribution in [0.25, 0.3) is 10.8 Å². The first-order valence-electron chi connectivity index (χ1n) is 7.85. The zero-order valence-electron chi connectivity index (χ0n) is 13.4. The van der Waals surface area contributed by atoms with Gasteiger partial charge >= 0.3 is 6.01 Å². The largest absolute Gasteiger partial charge is 0.402 e. The maximum Gasteiger partial charge on any atom is 0.322 e. The SMILES string of the molecule is O=C(Nc1nnc(-c2ccc(Br)s2)o1)C1CC(=O)N(c2ccccc2)C1. The van der Waals surface area contributed by atoms with Crippen LogP contribution in [0.5, 0.6) is 0 Å². The molecule has 0 aliphatic carbocycles. The number of rotatable bonds is 4. The standard InChI is InChI=1S/C17H13BrN4O3S/c18-13-7-6-12(26-13)16-20-21-17(25-16)19-15(24)10-8-14(23)22(9-10)11-4-2-1-3-5-11/h1-7,10H,8-9H2,(H,19,21,24). The van der Waals surface area contributed by atoms with Crippen LogP contribution in [-0.4, -0.2) is 28.6 Å². The molecule has 1 fully saturated rings. The fourth-order valence-electron chi connectivity index (χ4n) is 2.75. The minimum Gasteiger partial charge on any atom is -0.402 e. The molecule has 2 aromatic heterocycles. The molecule has 2 amide bonds. The molecule has 1 aromatic carbocycles. The Labute approximate surface area is 161 Å². The van der Waals surface area contributed by atoms with Crippen LogP contribution >= 0.6 is 27.3 Å². The molecular weight excluding hydrogens is 420 g/mol. The Balaban J connectivity index is 1.43. The average molecular weight is 433 g/mol. The second-order valence-electron chi connectivity index (χ2n) is 5.75. The summed E-state index contributed by atoms with van der Waals surface area (Å²) in [6, 6.07) is 13.1. The molecule has 3 heterocycles. The zero-order valence-corrected chi connectivity index (χ0v) is 15.8. The van der Waals surface area contributed by atoms with E-state index < -0.39 is 5.92 Å². The van der Waals surface area contributed by atoms with Gasteiger partial charge in [-0.2, -0.15) is 0 Å². The molecule has 3 aromatic rings.